The lowest BCUT2D eigenvalue weighted by atomic mass is 10.2. The maximum atomic E-state index is 11.1. The summed E-state index contributed by atoms with van der Waals surface area (Å²) in [7, 11) is 0. The SMILES string of the molecule is CCNC(=NCc1ccc(C(N)=O)o1)N1CCC(N2CCOCC2)C1. The van der Waals surface area contributed by atoms with E-state index in [1.165, 1.54) is 0 Å². The minimum absolute atomic E-state index is 0.170. The van der Waals surface area contributed by atoms with E-state index < -0.39 is 5.91 Å². The molecule has 3 rings (SSSR count). The minimum Gasteiger partial charge on any atom is -0.454 e. The molecular formula is C17H27N5O3. The van der Waals surface area contributed by atoms with Crippen LogP contribution in [0.5, 0.6) is 0 Å². The molecule has 3 N–H and O–H groups in total. The molecule has 1 atom stereocenters. The normalized spacial score (nSPS) is 22.4. The van der Waals surface area contributed by atoms with Crippen molar-refractivity contribution in [2.24, 2.45) is 10.7 Å². The lowest BCUT2D eigenvalue weighted by Crippen LogP contribution is -2.46. The standard InChI is InChI=1S/C17H27N5O3/c1-2-19-17(20-11-14-3-4-15(25-14)16(18)23)22-6-5-13(12-22)21-7-9-24-10-8-21/h3-4,13H,2,5-12H2,1H3,(H2,18,23)(H,19,20). The van der Waals surface area contributed by atoms with Crippen LogP contribution < -0.4 is 11.1 Å². The van der Waals surface area contributed by atoms with Crippen LogP contribution in [0.2, 0.25) is 0 Å². The van der Waals surface area contributed by atoms with Gasteiger partial charge in [0.2, 0.25) is 0 Å². The fraction of sp³-hybridized carbons (Fsp3) is 0.647. The van der Waals surface area contributed by atoms with Gasteiger partial charge < -0.3 is 25.1 Å². The highest BCUT2D eigenvalue weighted by Crippen LogP contribution is 2.17. The number of ether oxygens (including phenoxy) is 1. The van der Waals surface area contributed by atoms with E-state index in [0.717, 1.165) is 58.3 Å². The maximum absolute atomic E-state index is 11.1. The topological polar surface area (TPSA) is 96.3 Å². The lowest BCUT2D eigenvalue weighted by molar-refractivity contribution is 0.0195. The fourth-order valence-electron chi connectivity index (χ4n) is 3.35. The zero-order valence-electron chi connectivity index (χ0n) is 14.7. The molecule has 25 heavy (non-hydrogen) atoms. The molecule has 138 valence electrons. The highest BCUT2D eigenvalue weighted by molar-refractivity contribution is 5.89. The zero-order chi connectivity index (χ0) is 17.6. The Kier molecular flexibility index (Phi) is 5.93. The van der Waals surface area contributed by atoms with E-state index >= 15 is 0 Å². The second-order valence-corrected chi connectivity index (χ2v) is 6.34. The van der Waals surface area contributed by atoms with Gasteiger partial charge in [-0.05, 0) is 25.5 Å². The van der Waals surface area contributed by atoms with Crippen molar-refractivity contribution >= 4 is 11.9 Å². The number of likely N-dealkylation sites (tertiary alicyclic amines) is 1. The van der Waals surface area contributed by atoms with Crippen molar-refractivity contribution in [1.29, 1.82) is 0 Å². The Hall–Kier alpha value is -2.06. The maximum Gasteiger partial charge on any atom is 0.284 e. The summed E-state index contributed by atoms with van der Waals surface area (Å²) in [6.07, 6.45) is 1.14. The van der Waals surface area contributed by atoms with Crippen molar-refractivity contribution < 1.29 is 13.9 Å². The molecule has 3 heterocycles. The van der Waals surface area contributed by atoms with Crippen molar-refractivity contribution in [2.45, 2.75) is 25.9 Å². The molecular weight excluding hydrogens is 322 g/mol. The van der Waals surface area contributed by atoms with Gasteiger partial charge in [0.05, 0.1) is 13.2 Å². The number of amides is 1. The number of carbonyl (C=O) groups is 1. The van der Waals surface area contributed by atoms with Gasteiger partial charge in [-0.1, -0.05) is 0 Å². The Bertz CT molecular complexity index is 609. The predicted octanol–water partition coefficient (Wildman–Crippen LogP) is 0.251. The third kappa shape index (κ3) is 4.52. The quantitative estimate of drug-likeness (QED) is 0.584. The number of nitrogens with zero attached hydrogens (tertiary/aromatic N) is 3. The first kappa shape index (κ1) is 17.8. The Balaban J connectivity index is 1.60. The fourth-order valence-corrected chi connectivity index (χ4v) is 3.35. The summed E-state index contributed by atoms with van der Waals surface area (Å²) in [5.74, 6) is 1.13. The Morgan fingerprint density at radius 1 is 1.36 bits per heavy atom. The highest BCUT2D eigenvalue weighted by atomic mass is 16.5. The number of hydrogen-bond acceptors (Lipinski definition) is 5. The molecule has 8 nitrogen and oxygen atoms in total. The molecule has 0 aromatic carbocycles. The van der Waals surface area contributed by atoms with Crippen LogP contribution in [0.1, 0.15) is 29.7 Å². The van der Waals surface area contributed by atoms with Crippen LogP contribution in [0.4, 0.5) is 0 Å². The molecule has 2 aliphatic heterocycles. The van der Waals surface area contributed by atoms with Crippen LogP contribution >= 0.6 is 0 Å². The van der Waals surface area contributed by atoms with E-state index in [9.17, 15) is 4.79 Å². The molecule has 0 aliphatic carbocycles. The predicted molar refractivity (Wildman–Crippen MR) is 94.4 cm³/mol. The number of guanidine groups is 1. The van der Waals surface area contributed by atoms with Gasteiger partial charge in [-0.25, -0.2) is 4.99 Å². The van der Waals surface area contributed by atoms with Crippen molar-refractivity contribution in [3.63, 3.8) is 0 Å². The van der Waals surface area contributed by atoms with Gasteiger partial charge >= 0.3 is 0 Å². The molecule has 1 aromatic rings. The van der Waals surface area contributed by atoms with Crippen LogP contribution in [-0.4, -0.2) is 73.6 Å². The van der Waals surface area contributed by atoms with Crippen LogP contribution in [0.3, 0.4) is 0 Å². The Morgan fingerprint density at radius 2 is 2.16 bits per heavy atom. The van der Waals surface area contributed by atoms with E-state index in [2.05, 4.69) is 27.0 Å². The zero-order valence-corrected chi connectivity index (χ0v) is 14.7. The Labute approximate surface area is 148 Å². The number of aliphatic imine (C=N–C) groups is 1. The first-order valence-corrected chi connectivity index (χ1v) is 8.91. The van der Waals surface area contributed by atoms with E-state index in [0.29, 0.717) is 18.3 Å². The van der Waals surface area contributed by atoms with Crippen LogP contribution in [0.25, 0.3) is 0 Å². The van der Waals surface area contributed by atoms with Gasteiger partial charge in [0.1, 0.15) is 12.3 Å². The number of primary amides is 1. The number of hydrogen-bond donors (Lipinski definition) is 2. The number of rotatable bonds is 5. The van der Waals surface area contributed by atoms with Crippen LogP contribution in [0, 0.1) is 0 Å². The van der Waals surface area contributed by atoms with E-state index in [-0.39, 0.29) is 5.76 Å². The molecule has 0 bridgehead atoms. The summed E-state index contributed by atoms with van der Waals surface area (Å²) in [6.45, 7) is 8.87. The monoisotopic (exact) mass is 349 g/mol. The summed E-state index contributed by atoms with van der Waals surface area (Å²) in [4.78, 5) is 20.6. The molecule has 0 saturated carbocycles. The van der Waals surface area contributed by atoms with Crippen molar-refractivity contribution in [3.8, 4) is 0 Å². The van der Waals surface area contributed by atoms with Gasteiger partial charge in [0, 0.05) is 38.8 Å². The molecule has 1 aromatic heterocycles. The summed E-state index contributed by atoms with van der Waals surface area (Å²) < 4.78 is 10.8. The van der Waals surface area contributed by atoms with Crippen molar-refractivity contribution in [3.05, 3.63) is 23.7 Å². The minimum atomic E-state index is -0.560. The number of nitrogens with one attached hydrogen (secondary N) is 1. The average molecular weight is 349 g/mol. The van der Waals surface area contributed by atoms with Gasteiger partial charge in [-0.2, -0.15) is 0 Å². The first-order valence-electron chi connectivity index (χ1n) is 8.91. The molecule has 2 aliphatic rings. The number of carbonyl (C=O) groups excluding carboxylic acids is 1. The Morgan fingerprint density at radius 3 is 2.84 bits per heavy atom. The van der Waals surface area contributed by atoms with Crippen LogP contribution in [0.15, 0.2) is 21.5 Å². The van der Waals surface area contributed by atoms with E-state index in [4.69, 9.17) is 14.9 Å². The third-order valence-electron chi connectivity index (χ3n) is 4.65. The first-order chi connectivity index (χ1) is 12.2. The summed E-state index contributed by atoms with van der Waals surface area (Å²) in [6, 6.07) is 3.88. The summed E-state index contributed by atoms with van der Waals surface area (Å²) in [5, 5.41) is 3.35. The highest BCUT2D eigenvalue weighted by Gasteiger charge is 2.30. The average Bonchev–Trinajstić information content (AvgIpc) is 3.29. The largest absolute Gasteiger partial charge is 0.454 e. The van der Waals surface area contributed by atoms with Crippen LogP contribution in [-0.2, 0) is 11.3 Å². The van der Waals surface area contributed by atoms with Crippen molar-refractivity contribution in [2.75, 3.05) is 45.9 Å². The second-order valence-electron chi connectivity index (χ2n) is 6.34. The molecule has 0 radical (unpaired) electrons. The van der Waals surface area contributed by atoms with Crippen molar-refractivity contribution in [1.82, 2.24) is 15.1 Å². The third-order valence-corrected chi connectivity index (χ3v) is 4.65. The number of morpholine rings is 1. The van der Waals surface area contributed by atoms with Gasteiger partial charge in [0.25, 0.3) is 5.91 Å². The molecule has 8 heteroatoms. The molecule has 1 amide bonds. The number of furan rings is 1. The summed E-state index contributed by atoms with van der Waals surface area (Å²) in [5.41, 5.74) is 5.21. The van der Waals surface area contributed by atoms with E-state index in [1.807, 2.05) is 0 Å². The van der Waals surface area contributed by atoms with E-state index in [1.54, 1.807) is 12.1 Å². The lowest BCUT2D eigenvalue weighted by Gasteiger charge is -2.32. The second kappa shape index (κ2) is 8.35. The van der Waals surface area contributed by atoms with Gasteiger partial charge in [-0.3, -0.25) is 9.69 Å². The van der Waals surface area contributed by atoms with Gasteiger partial charge in [0.15, 0.2) is 11.7 Å². The molecule has 2 saturated heterocycles. The number of nitrogens with two attached hydrogens (primary N) is 1. The molecule has 2 fully saturated rings. The van der Waals surface area contributed by atoms with Gasteiger partial charge in [-0.15, -0.1) is 0 Å². The molecule has 1 unspecified atom stereocenters. The summed E-state index contributed by atoms with van der Waals surface area (Å²) >= 11 is 0. The molecule has 0 spiro atoms. The smallest absolute Gasteiger partial charge is 0.284 e.